The SMILES string of the molecule is COCCCC(=O)N1CCCC1CC(C)O. The molecule has 0 aromatic rings. The molecular weight excluding hydrogens is 206 g/mol. The molecule has 94 valence electrons. The van der Waals surface area contributed by atoms with Gasteiger partial charge in [-0.05, 0) is 32.6 Å². The second kappa shape index (κ2) is 6.86. The second-order valence-corrected chi connectivity index (χ2v) is 4.56. The van der Waals surface area contributed by atoms with Crippen LogP contribution in [0.1, 0.15) is 39.0 Å². The molecule has 4 heteroatoms. The fourth-order valence-electron chi connectivity index (χ4n) is 2.31. The van der Waals surface area contributed by atoms with Gasteiger partial charge in [-0.25, -0.2) is 0 Å². The molecule has 0 saturated carbocycles. The molecule has 1 rings (SSSR count). The van der Waals surface area contributed by atoms with Crippen LogP contribution in [-0.2, 0) is 9.53 Å². The quantitative estimate of drug-likeness (QED) is 0.696. The number of aliphatic hydroxyl groups is 1. The zero-order valence-electron chi connectivity index (χ0n) is 10.3. The maximum absolute atomic E-state index is 11.9. The molecule has 0 aliphatic carbocycles. The number of nitrogens with zero attached hydrogens (tertiary/aromatic N) is 1. The number of ether oxygens (including phenoxy) is 1. The van der Waals surface area contributed by atoms with Gasteiger partial charge in [0.2, 0.25) is 5.91 Å². The van der Waals surface area contributed by atoms with E-state index in [9.17, 15) is 9.90 Å². The van der Waals surface area contributed by atoms with Gasteiger partial charge in [0.05, 0.1) is 6.10 Å². The summed E-state index contributed by atoms with van der Waals surface area (Å²) in [7, 11) is 1.65. The van der Waals surface area contributed by atoms with Crippen LogP contribution in [0.2, 0.25) is 0 Å². The Labute approximate surface area is 97.6 Å². The molecule has 1 aliphatic heterocycles. The summed E-state index contributed by atoms with van der Waals surface area (Å²) in [5.74, 6) is 0.209. The number of methoxy groups -OCH3 is 1. The van der Waals surface area contributed by atoms with E-state index in [0.29, 0.717) is 19.4 Å². The summed E-state index contributed by atoms with van der Waals surface area (Å²) < 4.78 is 4.94. The Kier molecular flexibility index (Phi) is 5.77. The number of hydrogen-bond donors (Lipinski definition) is 1. The predicted octanol–water partition coefficient (Wildman–Crippen LogP) is 1.17. The number of aliphatic hydroxyl groups excluding tert-OH is 1. The number of carbonyl (C=O) groups excluding carboxylic acids is 1. The molecule has 1 fully saturated rings. The Morgan fingerprint density at radius 3 is 3.00 bits per heavy atom. The Morgan fingerprint density at radius 2 is 2.38 bits per heavy atom. The lowest BCUT2D eigenvalue weighted by molar-refractivity contribution is -0.132. The lowest BCUT2D eigenvalue weighted by Crippen LogP contribution is -2.37. The molecule has 2 atom stereocenters. The van der Waals surface area contributed by atoms with E-state index in [4.69, 9.17) is 4.74 Å². The minimum absolute atomic E-state index is 0.209. The first-order valence-corrected chi connectivity index (χ1v) is 6.11. The third-order valence-corrected chi connectivity index (χ3v) is 3.05. The summed E-state index contributed by atoms with van der Waals surface area (Å²) in [6, 6.07) is 0.245. The molecule has 1 heterocycles. The summed E-state index contributed by atoms with van der Waals surface area (Å²) >= 11 is 0. The van der Waals surface area contributed by atoms with Crippen molar-refractivity contribution in [2.75, 3.05) is 20.3 Å². The molecule has 2 unspecified atom stereocenters. The van der Waals surface area contributed by atoms with Crippen LogP contribution in [-0.4, -0.2) is 48.3 Å². The van der Waals surface area contributed by atoms with Gasteiger partial charge >= 0.3 is 0 Å². The molecule has 1 aliphatic rings. The first-order chi connectivity index (χ1) is 7.65. The van der Waals surface area contributed by atoms with Crippen LogP contribution in [0.3, 0.4) is 0 Å². The van der Waals surface area contributed by atoms with Crippen molar-refractivity contribution in [1.82, 2.24) is 4.90 Å². The van der Waals surface area contributed by atoms with Gasteiger partial charge < -0.3 is 14.7 Å². The first kappa shape index (κ1) is 13.5. The van der Waals surface area contributed by atoms with Gasteiger partial charge in [0.1, 0.15) is 0 Å². The van der Waals surface area contributed by atoms with Crippen LogP contribution in [0.4, 0.5) is 0 Å². The zero-order valence-corrected chi connectivity index (χ0v) is 10.3. The minimum atomic E-state index is -0.322. The molecule has 1 saturated heterocycles. The van der Waals surface area contributed by atoms with Crippen molar-refractivity contribution >= 4 is 5.91 Å². The van der Waals surface area contributed by atoms with Crippen molar-refractivity contribution in [3.05, 3.63) is 0 Å². The van der Waals surface area contributed by atoms with Crippen molar-refractivity contribution in [2.24, 2.45) is 0 Å². The average Bonchev–Trinajstić information content (AvgIpc) is 2.65. The van der Waals surface area contributed by atoms with Crippen molar-refractivity contribution in [2.45, 2.75) is 51.2 Å². The van der Waals surface area contributed by atoms with Gasteiger partial charge in [-0.15, -0.1) is 0 Å². The van der Waals surface area contributed by atoms with Crippen LogP contribution in [0.15, 0.2) is 0 Å². The highest BCUT2D eigenvalue weighted by atomic mass is 16.5. The van der Waals surface area contributed by atoms with E-state index in [1.54, 1.807) is 14.0 Å². The van der Waals surface area contributed by atoms with Crippen LogP contribution >= 0.6 is 0 Å². The Balaban J connectivity index is 2.35. The number of carbonyl (C=O) groups is 1. The predicted molar refractivity (Wildman–Crippen MR) is 62.1 cm³/mol. The third kappa shape index (κ3) is 4.10. The van der Waals surface area contributed by atoms with E-state index < -0.39 is 0 Å². The molecule has 0 aromatic heterocycles. The van der Waals surface area contributed by atoms with E-state index in [2.05, 4.69) is 0 Å². The monoisotopic (exact) mass is 229 g/mol. The fraction of sp³-hybridized carbons (Fsp3) is 0.917. The summed E-state index contributed by atoms with van der Waals surface area (Å²) in [5, 5.41) is 9.37. The molecule has 1 amide bonds. The highest BCUT2D eigenvalue weighted by Crippen LogP contribution is 2.22. The Morgan fingerprint density at radius 1 is 1.62 bits per heavy atom. The smallest absolute Gasteiger partial charge is 0.222 e. The van der Waals surface area contributed by atoms with Crippen molar-refractivity contribution < 1.29 is 14.6 Å². The third-order valence-electron chi connectivity index (χ3n) is 3.05. The number of likely N-dealkylation sites (tertiary alicyclic amines) is 1. The van der Waals surface area contributed by atoms with Gasteiger partial charge in [-0.3, -0.25) is 4.79 Å². The molecule has 1 N–H and O–H groups in total. The van der Waals surface area contributed by atoms with Crippen molar-refractivity contribution in [3.8, 4) is 0 Å². The molecule has 0 aromatic carbocycles. The molecule has 0 spiro atoms. The summed E-state index contributed by atoms with van der Waals surface area (Å²) in [6.07, 6.45) is 3.82. The van der Waals surface area contributed by atoms with Gasteiger partial charge in [-0.1, -0.05) is 0 Å². The molecule has 16 heavy (non-hydrogen) atoms. The van der Waals surface area contributed by atoms with Gasteiger partial charge in [0, 0.05) is 32.7 Å². The van der Waals surface area contributed by atoms with Crippen LogP contribution in [0.25, 0.3) is 0 Å². The average molecular weight is 229 g/mol. The summed E-state index contributed by atoms with van der Waals surface area (Å²) in [4.78, 5) is 13.8. The summed E-state index contributed by atoms with van der Waals surface area (Å²) in [5.41, 5.74) is 0. The first-order valence-electron chi connectivity index (χ1n) is 6.11. The molecule has 0 bridgehead atoms. The van der Waals surface area contributed by atoms with Gasteiger partial charge in [0.25, 0.3) is 0 Å². The summed E-state index contributed by atoms with van der Waals surface area (Å²) in [6.45, 7) is 3.27. The lowest BCUT2D eigenvalue weighted by atomic mass is 10.1. The van der Waals surface area contributed by atoms with E-state index in [1.165, 1.54) is 0 Å². The largest absolute Gasteiger partial charge is 0.393 e. The van der Waals surface area contributed by atoms with Crippen LogP contribution in [0.5, 0.6) is 0 Å². The molecule has 4 nitrogen and oxygen atoms in total. The maximum atomic E-state index is 11.9. The number of hydrogen-bond acceptors (Lipinski definition) is 3. The van der Waals surface area contributed by atoms with Crippen LogP contribution in [0, 0.1) is 0 Å². The maximum Gasteiger partial charge on any atom is 0.222 e. The Hall–Kier alpha value is -0.610. The van der Waals surface area contributed by atoms with Crippen molar-refractivity contribution in [3.63, 3.8) is 0 Å². The highest BCUT2D eigenvalue weighted by molar-refractivity contribution is 5.76. The van der Waals surface area contributed by atoms with Crippen LogP contribution < -0.4 is 0 Å². The second-order valence-electron chi connectivity index (χ2n) is 4.56. The van der Waals surface area contributed by atoms with Crippen molar-refractivity contribution in [1.29, 1.82) is 0 Å². The normalized spacial score (nSPS) is 22.4. The lowest BCUT2D eigenvalue weighted by Gasteiger charge is -2.25. The number of amides is 1. The zero-order chi connectivity index (χ0) is 12.0. The van der Waals surface area contributed by atoms with Gasteiger partial charge in [0.15, 0.2) is 0 Å². The van der Waals surface area contributed by atoms with E-state index in [0.717, 1.165) is 25.8 Å². The number of rotatable bonds is 6. The van der Waals surface area contributed by atoms with E-state index >= 15 is 0 Å². The fourth-order valence-corrected chi connectivity index (χ4v) is 2.31. The molecular formula is C12H23NO3. The standard InChI is InChI=1S/C12H23NO3/c1-10(14)9-11-5-3-7-13(11)12(15)6-4-8-16-2/h10-11,14H,3-9H2,1-2H3. The molecule has 0 radical (unpaired) electrons. The highest BCUT2D eigenvalue weighted by Gasteiger charge is 2.28. The van der Waals surface area contributed by atoms with Gasteiger partial charge in [-0.2, -0.15) is 0 Å². The minimum Gasteiger partial charge on any atom is -0.393 e. The van der Waals surface area contributed by atoms with E-state index in [-0.39, 0.29) is 18.1 Å². The topological polar surface area (TPSA) is 49.8 Å². The van der Waals surface area contributed by atoms with E-state index in [1.807, 2.05) is 4.90 Å². The Bertz CT molecular complexity index is 218.